The van der Waals surface area contributed by atoms with Crippen molar-refractivity contribution in [3.05, 3.63) is 0 Å². The van der Waals surface area contributed by atoms with Gasteiger partial charge in [-0.15, -0.1) is 22.0 Å². The summed E-state index contributed by atoms with van der Waals surface area (Å²) in [7, 11) is 0. The molecule has 1 aliphatic rings. The average molecular weight is 377 g/mol. The molecule has 1 fully saturated rings. The van der Waals surface area contributed by atoms with Crippen molar-refractivity contribution in [3.8, 4) is 0 Å². The zero-order chi connectivity index (χ0) is 17.0. The highest BCUT2D eigenvalue weighted by Crippen LogP contribution is 2.27. The minimum absolute atomic E-state index is 0.259. The molecule has 0 aromatic carbocycles. The van der Waals surface area contributed by atoms with Crippen molar-refractivity contribution in [2.45, 2.75) is 43.7 Å². The van der Waals surface area contributed by atoms with Crippen molar-refractivity contribution >= 4 is 52.0 Å². The summed E-state index contributed by atoms with van der Waals surface area (Å²) >= 11 is 4.43. The number of nitrogens with zero attached hydrogens (tertiary/aromatic N) is 3. The second-order valence-electron chi connectivity index (χ2n) is 5.76. The Morgan fingerprint density at radius 3 is 2.83 bits per heavy atom. The fourth-order valence-electron chi connectivity index (χ4n) is 1.79. The number of amides is 2. The summed E-state index contributed by atoms with van der Waals surface area (Å²) in [5.74, 6) is 1.62. The number of carbonyl (C=O) groups is 2. The van der Waals surface area contributed by atoms with E-state index in [1.165, 1.54) is 28.0 Å². The number of hydrogen-bond acceptors (Lipinski definition) is 8. The minimum atomic E-state index is -0.586. The maximum atomic E-state index is 12.4. The van der Waals surface area contributed by atoms with Gasteiger partial charge in [0.15, 0.2) is 4.34 Å². The highest BCUT2D eigenvalue weighted by Gasteiger charge is 2.37. The fourth-order valence-corrected chi connectivity index (χ4v) is 4.59. The Morgan fingerprint density at radius 1 is 1.43 bits per heavy atom. The molecule has 2 rings (SSSR count). The van der Waals surface area contributed by atoms with E-state index in [9.17, 15) is 9.59 Å². The average Bonchev–Trinajstić information content (AvgIpc) is 3.06. The van der Waals surface area contributed by atoms with Gasteiger partial charge in [0, 0.05) is 5.75 Å². The topological polar surface area (TPSA) is 84.4 Å². The van der Waals surface area contributed by atoms with Crippen molar-refractivity contribution in [1.82, 2.24) is 15.1 Å². The van der Waals surface area contributed by atoms with Crippen LogP contribution in [0.1, 0.15) is 27.7 Å². The first-order valence-corrected chi connectivity index (χ1v) is 10.1. The number of rotatable bonds is 4. The van der Waals surface area contributed by atoms with Crippen molar-refractivity contribution in [1.29, 1.82) is 0 Å². The zero-order valence-corrected chi connectivity index (χ0v) is 15.9. The Kier molecular flexibility index (Phi) is 6.15. The van der Waals surface area contributed by atoms with Crippen LogP contribution in [0.3, 0.4) is 0 Å². The highest BCUT2D eigenvalue weighted by molar-refractivity contribution is 8.01. The molecular formula is C13H20N4O3S3. The maximum Gasteiger partial charge on any atom is 0.411 e. The van der Waals surface area contributed by atoms with Crippen LogP contribution in [0.4, 0.5) is 9.93 Å². The largest absolute Gasteiger partial charge is 0.444 e. The van der Waals surface area contributed by atoms with Crippen LogP contribution in [0.15, 0.2) is 4.34 Å². The molecule has 1 aromatic heterocycles. The van der Waals surface area contributed by atoms with Crippen LogP contribution in [0.5, 0.6) is 0 Å². The number of anilines is 1. The number of carbonyl (C=O) groups excluding carboxylic acids is 2. The van der Waals surface area contributed by atoms with E-state index in [1.807, 2.05) is 6.92 Å². The predicted octanol–water partition coefficient (Wildman–Crippen LogP) is 2.90. The molecule has 1 aliphatic heterocycles. The van der Waals surface area contributed by atoms with Gasteiger partial charge in [0.2, 0.25) is 11.0 Å². The smallest absolute Gasteiger partial charge is 0.411 e. The molecule has 2 heterocycles. The lowest BCUT2D eigenvalue weighted by atomic mass is 10.2. The lowest BCUT2D eigenvalue weighted by Crippen LogP contribution is -2.46. The molecular weight excluding hydrogens is 356 g/mol. The highest BCUT2D eigenvalue weighted by atomic mass is 32.2. The van der Waals surface area contributed by atoms with Crippen molar-refractivity contribution in [3.63, 3.8) is 0 Å². The van der Waals surface area contributed by atoms with Crippen LogP contribution in [0.2, 0.25) is 0 Å². The number of thioether (sulfide) groups is 2. The minimum Gasteiger partial charge on any atom is -0.444 e. The lowest BCUT2D eigenvalue weighted by Gasteiger charge is -2.27. The van der Waals surface area contributed by atoms with Crippen LogP contribution >= 0.6 is 34.9 Å². The van der Waals surface area contributed by atoms with Crippen LogP contribution in [-0.4, -0.2) is 56.1 Å². The van der Waals surface area contributed by atoms with Crippen molar-refractivity contribution in [2.75, 3.05) is 22.7 Å². The third-order valence-electron chi connectivity index (χ3n) is 2.72. The molecule has 1 unspecified atom stereocenters. The third-order valence-corrected chi connectivity index (χ3v) is 5.58. The summed E-state index contributed by atoms with van der Waals surface area (Å²) in [6.07, 6.45) is -0.470. The number of nitrogens with one attached hydrogen (secondary N) is 1. The molecule has 0 spiro atoms. The normalized spacial score (nSPS) is 18.1. The zero-order valence-electron chi connectivity index (χ0n) is 13.5. The van der Waals surface area contributed by atoms with Gasteiger partial charge in [0.25, 0.3) is 0 Å². The molecule has 23 heavy (non-hydrogen) atoms. The molecule has 2 amide bonds. The summed E-state index contributed by atoms with van der Waals surface area (Å²) in [6.45, 7) is 7.44. The molecule has 0 radical (unpaired) electrons. The Balaban J connectivity index is 1.98. The molecule has 0 saturated carbocycles. The first-order valence-electron chi connectivity index (χ1n) is 7.14. The molecule has 1 atom stereocenters. The maximum absolute atomic E-state index is 12.4. The first-order chi connectivity index (χ1) is 10.8. The molecule has 10 heteroatoms. The van der Waals surface area contributed by atoms with E-state index in [2.05, 4.69) is 15.5 Å². The molecule has 128 valence electrons. The summed E-state index contributed by atoms with van der Waals surface area (Å²) < 4.78 is 6.17. The van der Waals surface area contributed by atoms with Gasteiger partial charge < -0.3 is 4.74 Å². The SMILES string of the molecule is CCSc1nnc(NC(=O)C2CSCN2C(=O)OC(C)(C)C)s1. The summed E-state index contributed by atoms with van der Waals surface area (Å²) in [4.78, 5) is 26.1. The second kappa shape index (κ2) is 7.71. The number of aromatic nitrogens is 2. The molecule has 1 N–H and O–H groups in total. The first kappa shape index (κ1) is 18.3. The van der Waals surface area contributed by atoms with Crippen LogP contribution < -0.4 is 5.32 Å². The predicted molar refractivity (Wildman–Crippen MR) is 94.1 cm³/mol. The van der Waals surface area contributed by atoms with Crippen LogP contribution in [0, 0.1) is 0 Å². The van der Waals surface area contributed by atoms with Gasteiger partial charge in [-0.25, -0.2) is 4.79 Å². The van der Waals surface area contributed by atoms with Gasteiger partial charge in [0.1, 0.15) is 11.6 Å². The summed E-state index contributed by atoms with van der Waals surface area (Å²) in [5.41, 5.74) is -0.586. The van der Waals surface area contributed by atoms with E-state index in [1.54, 1.807) is 32.5 Å². The van der Waals surface area contributed by atoms with Gasteiger partial charge in [-0.3, -0.25) is 15.0 Å². The monoisotopic (exact) mass is 376 g/mol. The Bertz CT molecular complexity index is 573. The van der Waals surface area contributed by atoms with E-state index in [0.29, 0.717) is 16.8 Å². The fraction of sp³-hybridized carbons (Fsp3) is 0.692. The van der Waals surface area contributed by atoms with Crippen molar-refractivity contribution in [2.24, 2.45) is 0 Å². The Morgan fingerprint density at radius 2 is 2.17 bits per heavy atom. The van der Waals surface area contributed by atoms with Gasteiger partial charge in [-0.2, -0.15) is 0 Å². The van der Waals surface area contributed by atoms with E-state index >= 15 is 0 Å². The standard InChI is InChI=1S/C13H20N4O3S3/c1-5-22-11-16-15-10(23-11)14-9(18)8-6-21-7-17(8)12(19)20-13(2,3)4/h8H,5-7H2,1-4H3,(H,14,15,18). The van der Waals surface area contributed by atoms with Gasteiger partial charge in [-0.05, 0) is 26.5 Å². The third kappa shape index (κ3) is 5.25. The Hall–Kier alpha value is -1.00. The lowest BCUT2D eigenvalue weighted by molar-refractivity contribution is -0.120. The van der Waals surface area contributed by atoms with E-state index < -0.39 is 17.7 Å². The van der Waals surface area contributed by atoms with Crippen LogP contribution in [0.25, 0.3) is 0 Å². The van der Waals surface area contributed by atoms with Gasteiger partial charge >= 0.3 is 6.09 Å². The molecule has 0 aliphatic carbocycles. The van der Waals surface area contributed by atoms with Crippen LogP contribution in [-0.2, 0) is 9.53 Å². The Labute approximate surface area is 147 Å². The second-order valence-corrected chi connectivity index (χ2v) is 9.25. The molecule has 1 saturated heterocycles. The van der Waals surface area contributed by atoms with E-state index in [4.69, 9.17) is 4.74 Å². The van der Waals surface area contributed by atoms with Gasteiger partial charge in [0.05, 0.1) is 5.88 Å². The van der Waals surface area contributed by atoms with E-state index in [-0.39, 0.29) is 5.91 Å². The number of ether oxygens (including phenoxy) is 1. The summed E-state index contributed by atoms with van der Waals surface area (Å²) in [5, 5.41) is 11.1. The molecule has 1 aromatic rings. The van der Waals surface area contributed by atoms with Crippen molar-refractivity contribution < 1.29 is 14.3 Å². The molecule has 0 bridgehead atoms. The van der Waals surface area contributed by atoms with Gasteiger partial charge in [-0.1, -0.05) is 30.0 Å². The molecule has 7 nitrogen and oxygen atoms in total. The quantitative estimate of drug-likeness (QED) is 0.639. The summed E-state index contributed by atoms with van der Waals surface area (Å²) in [6, 6.07) is -0.555. The number of hydrogen-bond donors (Lipinski definition) is 1. The van der Waals surface area contributed by atoms with E-state index in [0.717, 1.165) is 10.1 Å².